The summed E-state index contributed by atoms with van der Waals surface area (Å²) in [5, 5.41) is 11.7. The van der Waals surface area contributed by atoms with E-state index in [1.54, 1.807) is 11.3 Å². The molecule has 5 heteroatoms. The van der Waals surface area contributed by atoms with Crippen molar-refractivity contribution in [1.29, 1.82) is 0 Å². The smallest absolute Gasteiger partial charge is 0.151 e. The largest absolute Gasteiger partial charge is 0.377 e. The summed E-state index contributed by atoms with van der Waals surface area (Å²) in [5.41, 5.74) is 2.34. The van der Waals surface area contributed by atoms with Crippen molar-refractivity contribution in [2.24, 2.45) is 5.10 Å². The molecule has 1 aliphatic carbocycles. The van der Waals surface area contributed by atoms with E-state index in [4.69, 9.17) is 5.10 Å². The highest BCUT2D eigenvalue weighted by Crippen LogP contribution is 2.24. The van der Waals surface area contributed by atoms with E-state index in [-0.39, 0.29) is 0 Å². The summed E-state index contributed by atoms with van der Waals surface area (Å²) in [6.07, 6.45) is 11.0. The number of quaternary nitrogens is 1. The number of thiazole rings is 1. The number of aromatic nitrogens is 1. The highest BCUT2D eigenvalue weighted by molar-refractivity contribution is 7.09. The number of nitrogens with one attached hydrogen (secondary N) is 1. The molecular formula is C16H25N4S+. The Hall–Kier alpha value is -1.20. The second-order valence-electron chi connectivity index (χ2n) is 6.13. The van der Waals surface area contributed by atoms with Crippen molar-refractivity contribution in [2.75, 3.05) is 6.54 Å². The third-order valence-electron chi connectivity index (χ3n) is 4.43. The van der Waals surface area contributed by atoms with Gasteiger partial charge in [-0.2, -0.15) is 4.59 Å². The Balaban J connectivity index is 1.67. The molecule has 2 aliphatic rings. The van der Waals surface area contributed by atoms with E-state index in [0.29, 0.717) is 10.6 Å². The van der Waals surface area contributed by atoms with E-state index in [2.05, 4.69) is 35.7 Å². The van der Waals surface area contributed by atoms with E-state index in [1.165, 1.54) is 37.8 Å². The van der Waals surface area contributed by atoms with Crippen molar-refractivity contribution in [1.82, 2.24) is 10.3 Å². The van der Waals surface area contributed by atoms with Gasteiger partial charge in [0.25, 0.3) is 0 Å². The van der Waals surface area contributed by atoms with Gasteiger partial charge in [0.1, 0.15) is 30.4 Å². The fourth-order valence-corrected chi connectivity index (χ4v) is 3.80. The summed E-state index contributed by atoms with van der Waals surface area (Å²) in [5.74, 6) is 0. The zero-order valence-electron chi connectivity index (χ0n) is 13.0. The van der Waals surface area contributed by atoms with Crippen LogP contribution in [0.15, 0.2) is 22.4 Å². The zero-order chi connectivity index (χ0) is 14.7. The number of rotatable bonds is 5. The van der Waals surface area contributed by atoms with Crippen LogP contribution in [0.25, 0.3) is 0 Å². The average Bonchev–Trinajstić information content (AvgIpc) is 3.08. The van der Waals surface area contributed by atoms with Crippen LogP contribution in [0.5, 0.6) is 0 Å². The molecule has 1 fully saturated rings. The highest BCUT2D eigenvalue weighted by atomic mass is 32.1. The Morgan fingerprint density at radius 3 is 2.81 bits per heavy atom. The van der Waals surface area contributed by atoms with Crippen LogP contribution in [-0.2, 0) is 6.54 Å². The Bertz CT molecular complexity index is 542. The van der Waals surface area contributed by atoms with Gasteiger partial charge in [-0.15, -0.1) is 11.3 Å². The molecule has 1 saturated carbocycles. The second kappa shape index (κ2) is 6.28. The molecule has 2 heterocycles. The Morgan fingerprint density at radius 2 is 2.14 bits per heavy atom. The second-order valence-corrected chi connectivity index (χ2v) is 7.19. The molecule has 1 aliphatic heterocycles. The fraction of sp³-hybridized carbons (Fsp3) is 0.625. The van der Waals surface area contributed by atoms with Crippen LogP contribution in [0.3, 0.4) is 0 Å². The lowest BCUT2D eigenvalue weighted by Crippen LogP contribution is -2.35. The maximum atomic E-state index is 4.76. The van der Waals surface area contributed by atoms with Crippen molar-refractivity contribution in [3.8, 4) is 0 Å². The highest BCUT2D eigenvalue weighted by Gasteiger charge is 2.30. The number of nitrogens with zero attached hydrogens (tertiary/aromatic N) is 3. The van der Waals surface area contributed by atoms with E-state index in [1.807, 2.05) is 6.21 Å². The molecule has 0 aromatic carbocycles. The first-order valence-electron chi connectivity index (χ1n) is 8.02. The molecule has 1 unspecified atom stereocenters. The predicted molar refractivity (Wildman–Crippen MR) is 87.9 cm³/mol. The minimum absolute atomic E-state index is 0.634. The molecule has 0 amide bonds. The summed E-state index contributed by atoms with van der Waals surface area (Å²) < 4.78 is 0.637. The van der Waals surface area contributed by atoms with Crippen molar-refractivity contribution >= 4 is 17.6 Å². The van der Waals surface area contributed by atoms with Crippen LogP contribution in [0.2, 0.25) is 0 Å². The number of hydrogen-bond acceptors (Lipinski definition) is 4. The minimum atomic E-state index is 0.634. The van der Waals surface area contributed by atoms with E-state index in [0.717, 1.165) is 23.8 Å². The van der Waals surface area contributed by atoms with Gasteiger partial charge in [-0.05, 0) is 26.7 Å². The number of allylic oxidation sites excluding steroid dienone is 1. The lowest BCUT2D eigenvalue weighted by molar-refractivity contribution is -0.895. The maximum absolute atomic E-state index is 4.76. The number of aryl methyl sites for hydroxylation is 1. The minimum Gasteiger partial charge on any atom is -0.377 e. The summed E-state index contributed by atoms with van der Waals surface area (Å²) in [6, 6.07) is 0.634. The quantitative estimate of drug-likeness (QED) is 0.845. The first-order chi connectivity index (χ1) is 10.2. The molecule has 114 valence electrons. The third kappa shape index (κ3) is 3.52. The maximum Gasteiger partial charge on any atom is 0.151 e. The van der Waals surface area contributed by atoms with E-state index < -0.39 is 0 Å². The lowest BCUT2D eigenvalue weighted by Gasteiger charge is -2.24. The van der Waals surface area contributed by atoms with Crippen molar-refractivity contribution in [3.05, 3.63) is 28.0 Å². The molecule has 0 bridgehead atoms. The third-order valence-corrected chi connectivity index (χ3v) is 5.25. The molecular weight excluding hydrogens is 280 g/mol. The van der Waals surface area contributed by atoms with Gasteiger partial charge >= 0.3 is 0 Å². The molecule has 1 atom stereocenters. The number of hydrogen-bond donors (Lipinski definition) is 1. The van der Waals surface area contributed by atoms with Gasteiger partial charge in [0, 0.05) is 11.4 Å². The average molecular weight is 305 g/mol. The van der Waals surface area contributed by atoms with E-state index in [9.17, 15) is 0 Å². The predicted octanol–water partition coefficient (Wildman–Crippen LogP) is 3.55. The first-order valence-corrected chi connectivity index (χ1v) is 8.90. The van der Waals surface area contributed by atoms with Gasteiger partial charge in [-0.25, -0.2) is 4.98 Å². The normalized spacial score (nSPS) is 26.1. The van der Waals surface area contributed by atoms with Gasteiger partial charge in [-0.1, -0.05) is 24.4 Å². The van der Waals surface area contributed by atoms with Crippen LogP contribution >= 0.6 is 11.3 Å². The van der Waals surface area contributed by atoms with Crippen LogP contribution in [0, 0.1) is 6.92 Å². The Kier molecular flexibility index (Phi) is 4.40. The fourth-order valence-electron chi connectivity index (χ4n) is 3.19. The van der Waals surface area contributed by atoms with Crippen molar-refractivity contribution in [3.63, 3.8) is 0 Å². The van der Waals surface area contributed by atoms with Gasteiger partial charge < -0.3 is 5.32 Å². The van der Waals surface area contributed by atoms with Gasteiger partial charge in [0.2, 0.25) is 0 Å². The first kappa shape index (κ1) is 14.7. The molecule has 1 N–H and O–H groups in total. The van der Waals surface area contributed by atoms with E-state index >= 15 is 0 Å². The standard InChI is InChI=1S/C16H25N4S/c1-3-20(11-16-12-21-13(2)18-16)10-15(9-17-20)19-14-7-5-4-6-8-14/h9-10,12,14,19H,3-8,11H2,1-2H3/q+1. The summed E-state index contributed by atoms with van der Waals surface area (Å²) in [4.78, 5) is 4.59. The molecule has 0 saturated heterocycles. The molecule has 1 aromatic heterocycles. The van der Waals surface area contributed by atoms with Gasteiger partial charge in [-0.3, -0.25) is 0 Å². The van der Waals surface area contributed by atoms with Crippen molar-refractivity contribution in [2.45, 2.75) is 58.5 Å². The summed E-state index contributed by atoms with van der Waals surface area (Å²) in [7, 11) is 0. The van der Waals surface area contributed by atoms with Gasteiger partial charge in [0.15, 0.2) is 6.54 Å². The molecule has 1 aromatic rings. The van der Waals surface area contributed by atoms with Crippen LogP contribution in [0.4, 0.5) is 0 Å². The molecule has 21 heavy (non-hydrogen) atoms. The van der Waals surface area contributed by atoms with Gasteiger partial charge in [0.05, 0.1) is 5.01 Å². The van der Waals surface area contributed by atoms with Crippen LogP contribution < -0.4 is 5.32 Å². The molecule has 3 rings (SSSR count). The Morgan fingerprint density at radius 1 is 1.33 bits per heavy atom. The summed E-state index contributed by atoms with van der Waals surface area (Å²) in [6.45, 7) is 6.07. The Labute approximate surface area is 131 Å². The van der Waals surface area contributed by atoms with Crippen LogP contribution in [-0.4, -0.2) is 28.4 Å². The van der Waals surface area contributed by atoms with Crippen LogP contribution in [0.1, 0.15) is 49.7 Å². The molecule has 0 spiro atoms. The molecule has 4 nitrogen and oxygen atoms in total. The monoisotopic (exact) mass is 305 g/mol. The SMILES string of the molecule is CC[N+]1(Cc2csc(C)n2)C=C(NC2CCCCC2)C=N1. The van der Waals surface area contributed by atoms with Crippen molar-refractivity contribution < 1.29 is 4.59 Å². The topological polar surface area (TPSA) is 37.3 Å². The molecule has 0 radical (unpaired) electrons. The lowest BCUT2D eigenvalue weighted by atomic mass is 9.95. The zero-order valence-corrected chi connectivity index (χ0v) is 13.8. The summed E-state index contributed by atoms with van der Waals surface area (Å²) >= 11 is 1.72.